The largest absolute Gasteiger partial charge is 0.448 e. The number of carbonyl (C=O) groups excluding carboxylic acids is 2. The van der Waals surface area contributed by atoms with Crippen molar-refractivity contribution in [1.82, 2.24) is 4.90 Å². The van der Waals surface area contributed by atoms with Gasteiger partial charge in [0.05, 0.1) is 5.41 Å². The number of ether oxygens (including phenoxy) is 1. The van der Waals surface area contributed by atoms with Gasteiger partial charge in [-0.2, -0.15) is 0 Å². The molecule has 1 saturated heterocycles. The van der Waals surface area contributed by atoms with Gasteiger partial charge in [0.1, 0.15) is 0 Å². The summed E-state index contributed by atoms with van der Waals surface area (Å²) in [5.41, 5.74) is -1.90. The highest BCUT2D eigenvalue weighted by molar-refractivity contribution is 5.96. The maximum Gasteiger partial charge on any atom is 0.313 e. The lowest BCUT2D eigenvalue weighted by Crippen LogP contribution is -2.55. The first kappa shape index (κ1) is 12.7. The van der Waals surface area contributed by atoms with E-state index in [-0.39, 0.29) is 11.9 Å². The molecule has 1 saturated carbocycles. The summed E-state index contributed by atoms with van der Waals surface area (Å²) in [5.74, 6) is -0.207. The van der Waals surface area contributed by atoms with Crippen molar-refractivity contribution in [1.29, 1.82) is 0 Å². The molecule has 2 aliphatic heterocycles. The zero-order chi connectivity index (χ0) is 13.9. The van der Waals surface area contributed by atoms with Crippen molar-refractivity contribution in [3.05, 3.63) is 12.2 Å². The van der Waals surface area contributed by atoms with Crippen LogP contribution in [0.1, 0.15) is 40.0 Å². The first-order valence-electron chi connectivity index (χ1n) is 7.03. The van der Waals surface area contributed by atoms with E-state index in [1.807, 2.05) is 31.7 Å². The summed E-state index contributed by atoms with van der Waals surface area (Å²) in [4.78, 5) is 26.9. The van der Waals surface area contributed by atoms with Crippen LogP contribution >= 0.6 is 0 Å². The first-order chi connectivity index (χ1) is 8.85. The fraction of sp³-hybridized carbons (Fsp3) is 0.733. The fourth-order valence-electron chi connectivity index (χ4n) is 3.80. The Bertz CT molecular complexity index is 482. The highest BCUT2D eigenvalue weighted by atomic mass is 16.6. The Morgan fingerprint density at radius 1 is 1.26 bits per heavy atom. The van der Waals surface area contributed by atoms with E-state index in [0.29, 0.717) is 13.0 Å². The van der Waals surface area contributed by atoms with Gasteiger partial charge in [-0.15, -0.1) is 0 Å². The molecule has 3 aliphatic rings. The Labute approximate surface area is 113 Å². The molecular formula is C15H21NO3. The lowest BCUT2D eigenvalue weighted by Gasteiger charge is -2.39. The second-order valence-corrected chi connectivity index (χ2v) is 6.68. The van der Waals surface area contributed by atoms with Gasteiger partial charge < -0.3 is 9.64 Å². The second kappa shape index (κ2) is 3.62. The van der Waals surface area contributed by atoms with Gasteiger partial charge in [-0.1, -0.05) is 26.0 Å². The molecule has 4 nitrogen and oxygen atoms in total. The number of esters is 1. The average Bonchev–Trinajstić information content (AvgIpc) is 2.69. The predicted molar refractivity (Wildman–Crippen MR) is 70.3 cm³/mol. The van der Waals surface area contributed by atoms with E-state index in [1.54, 1.807) is 0 Å². The SMILES string of the molecule is CC1(C)[C@@]2(C(=O)N3CC=CCC3)CC[C@]1(C)C(=O)O2. The molecule has 0 radical (unpaired) electrons. The number of fused-ring (bicyclic) bond motifs is 2. The van der Waals surface area contributed by atoms with Crippen molar-refractivity contribution in [3.63, 3.8) is 0 Å². The summed E-state index contributed by atoms with van der Waals surface area (Å²) in [5, 5.41) is 0. The summed E-state index contributed by atoms with van der Waals surface area (Å²) in [6.07, 6.45) is 6.38. The zero-order valence-electron chi connectivity index (χ0n) is 11.9. The number of rotatable bonds is 1. The van der Waals surface area contributed by atoms with Crippen LogP contribution in [0.4, 0.5) is 0 Å². The van der Waals surface area contributed by atoms with Gasteiger partial charge in [-0.3, -0.25) is 9.59 Å². The Kier molecular flexibility index (Phi) is 2.42. The van der Waals surface area contributed by atoms with Crippen molar-refractivity contribution >= 4 is 11.9 Å². The lowest BCUT2D eigenvalue weighted by molar-refractivity contribution is -0.173. The maximum atomic E-state index is 12.9. The molecule has 104 valence electrons. The maximum absolute atomic E-state index is 12.9. The molecule has 19 heavy (non-hydrogen) atoms. The molecule has 0 aromatic carbocycles. The monoisotopic (exact) mass is 263 g/mol. The third-order valence-corrected chi connectivity index (χ3v) is 5.77. The van der Waals surface area contributed by atoms with E-state index in [4.69, 9.17) is 4.74 Å². The predicted octanol–water partition coefficient (Wildman–Crippen LogP) is 1.90. The summed E-state index contributed by atoms with van der Waals surface area (Å²) in [7, 11) is 0. The third kappa shape index (κ3) is 1.30. The molecule has 4 heteroatoms. The van der Waals surface area contributed by atoms with E-state index >= 15 is 0 Å². The van der Waals surface area contributed by atoms with Crippen molar-refractivity contribution in [3.8, 4) is 0 Å². The smallest absolute Gasteiger partial charge is 0.313 e. The number of hydrogen-bond donors (Lipinski definition) is 0. The minimum atomic E-state index is -0.940. The minimum Gasteiger partial charge on any atom is -0.448 e. The normalized spacial score (nSPS) is 39.5. The Balaban J connectivity index is 1.98. The van der Waals surface area contributed by atoms with Crippen molar-refractivity contribution in [2.24, 2.45) is 10.8 Å². The van der Waals surface area contributed by atoms with Gasteiger partial charge >= 0.3 is 5.97 Å². The van der Waals surface area contributed by atoms with E-state index in [0.717, 1.165) is 19.4 Å². The summed E-state index contributed by atoms with van der Waals surface area (Å²) >= 11 is 0. The van der Waals surface area contributed by atoms with Crippen LogP contribution in [0.25, 0.3) is 0 Å². The van der Waals surface area contributed by atoms with Crippen LogP contribution in [0.2, 0.25) is 0 Å². The van der Waals surface area contributed by atoms with Crippen LogP contribution in [0.5, 0.6) is 0 Å². The fourth-order valence-corrected chi connectivity index (χ4v) is 3.80. The molecule has 0 aromatic rings. The molecule has 0 aromatic heterocycles. The highest BCUT2D eigenvalue weighted by Gasteiger charge is 2.76. The lowest BCUT2D eigenvalue weighted by atomic mass is 9.66. The summed E-state index contributed by atoms with van der Waals surface area (Å²) < 4.78 is 5.63. The number of nitrogens with zero attached hydrogens (tertiary/aromatic N) is 1. The molecular weight excluding hydrogens is 242 g/mol. The minimum absolute atomic E-state index is 0.00331. The van der Waals surface area contributed by atoms with Gasteiger partial charge in [0, 0.05) is 18.5 Å². The van der Waals surface area contributed by atoms with Crippen LogP contribution in [0.3, 0.4) is 0 Å². The molecule has 2 atom stereocenters. The molecule has 0 N–H and O–H groups in total. The zero-order valence-corrected chi connectivity index (χ0v) is 11.9. The van der Waals surface area contributed by atoms with Crippen LogP contribution in [0, 0.1) is 10.8 Å². The van der Waals surface area contributed by atoms with Gasteiger partial charge in [0.2, 0.25) is 0 Å². The Morgan fingerprint density at radius 3 is 2.47 bits per heavy atom. The van der Waals surface area contributed by atoms with Crippen LogP contribution in [0.15, 0.2) is 12.2 Å². The summed E-state index contributed by atoms with van der Waals surface area (Å²) in [6, 6.07) is 0. The van der Waals surface area contributed by atoms with Crippen LogP contribution in [-0.2, 0) is 14.3 Å². The molecule has 0 unspecified atom stereocenters. The molecule has 0 spiro atoms. The van der Waals surface area contributed by atoms with E-state index in [9.17, 15) is 9.59 Å². The van der Waals surface area contributed by atoms with E-state index in [2.05, 4.69) is 6.08 Å². The van der Waals surface area contributed by atoms with Gasteiger partial charge in [-0.05, 0) is 26.2 Å². The molecule has 2 fully saturated rings. The van der Waals surface area contributed by atoms with E-state index < -0.39 is 16.4 Å². The van der Waals surface area contributed by atoms with Crippen molar-refractivity contribution < 1.29 is 14.3 Å². The van der Waals surface area contributed by atoms with Crippen molar-refractivity contribution in [2.45, 2.75) is 45.6 Å². The highest BCUT2D eigenvalue weighted by Crippen LogP contribution is 2.65. The van der Waals surface area contributed by atoms with Crippen LogP contribution < -0.4 is 0 Å². The van der Waals surface area contributed by atoms with Gasteiger partial charge in [0.15, 0.2) is 5.60 Å². The molecule has 1 aliphatic carbocycles. The molecule has 3 rings (SSSR count). The first-order valence-corrected chi connectivity index (χ1v) is 7.03. The standard InChI is InChI=1S/C15H21NO3/c1-13(2)14(3)7-8-15(13,19-12(14)18)11(17)16-9-5-4-6-10-16/h4-5H,6-10H2,1-3H3/t14-,15+/m1/s1. The average molecular weight is 263 g/mol. The van der Waals surface area contributed by atoms with Crippen molar-refractivity contribution in [2.75, 3.05) is 13.1 Å². The van der Waals surface area contributed by atoms with E-state index in [1.165, 1.54) is 0 Å². The molecule has 2 bridgehead atoms. The Morgan fingerprint density at radius 2 is 2.00 bits per heavy atom. The third-order valence-electron chi connectivity index (χ3n) is 5.77. The Hall–Kier alpha value is -1.32. The van der Waals surface area contributed by atoms with Gasteiger partial charge in [-0.25, -0.2) is 0 Å². The molecule has 2 heterocycles. The van der Waals surface area contributed by atoms with Gasteiger partial charge in [0.25, 0.3) is 5.91 Å². The van der Waals surface area contributed by atoms with Crippen LogP contribution in [-0.4, -0.2) is 35.5 Å². The molecule has 1 amide bonds. The summed E-state index contributed by atoms with van der Waals surface area (Å²) in [6.45, 7) is 7.30. The number of hydrogen-bond acceptors (Lipinski definition) is 3. The quantitative estimate of drug-likeness (QED) is 0.536. The second-order valence-electron chi connectivity index (χ2n) is 6.68. The number of carbonyl (C=O) groups is 2. The number of amides is 1. The topological polar surface area (TPSA) is 46.6 Å².